The van der Waals surface area contributed by atoms with Crippen molar-refractivity contribution in [3.05, 3.63) is 163 Å². The number of hydrogen-bond acceptors (Lipinski definition) is 1. The van der Waals surface area contributed by atoms with E-state index < -0.39 is 109 Å². The Morgan fingerprint density at radius 2 is 1.18 bits per heavy atom. The van der Waals surface area contributed by atoms with Crippen molar-refractivity contribution in [2.24, 2.45) is 0 Å². The first-order valence-electron chi connectivity index (χ1n) is 22.9. The molecule has 0 spiro atoms. The molecule has 1 heteroatoms. The molecule has 0 aliphatic heterocycles. The maximum absolute atomic E-state index is 9.47. The van der Waals surface area contributed by atoms with E-state index in [-0.39, 0.29) is 65.9 Å². The van der Waals surface area contributed by atoms with Crippen molar-refractivity contribution >= 4 is 49.1 Å². The Bertz CT molecular complexity index is 3280. The summed E-state index contributed by atoms with van der Waals surface area (Å²) in [5.41, 5.74) is -0.0447. The van der Waals surface area contributed by atoms with Crippen LogP contribution in [0.25, 0.3) is 82.4 Å². The molecule has 0 radical (unpaired) electrons. The van der Waals surface area contributed by atoms with E-state index in [1.54, 1.807) is 54.6 Å². The topological polar surface area (TPSA) is 13.1 Å². The van der Waals surface area contributed by atoms with E-state index in [1.165, 1.54) is 12.1 Å². The molecule has 1 aliphatic carbocycles. The number of hydrogen-bond donors (Lipinski definition) is 0. The van der Waals surface area contributed by atoms with Gasteiger partial charge in [-0.2, -0.15) is 0 Å². The zero-order valence-corrected chi connectivity index (χ0v) is 23.4. The number of para-hydroxylation sites is 1. The SMILES string of the molecule is [2H]C1=C([2H])C([2H])C([2H])C(c2ccc(-c3c4c([2H])c([2H])c([2H])c([2H])c4c(-c4c([2H])c([2H])c(-c5ccccc5)c([2H])c4[2H])c4c([2H])c([2H])c([2H])c([2H])c34)c3c2oc2ccccc23)=C1[2H]. The lowest BCUT2D eigenvalue weighted by molar-refractivity contribution is 0.667. The molecule has 2 unspecified atom stereocenters. The van der Waals surface area contributed by atoms with Crippen LogP contribution in [0.15, 0.2) is 162 Å². The largest absolute Gasteiger partial charge is 0.455 e. The Morgan fingerprint density at radius 3 is 1.91 bits per heavy atom. The van der Waals surface area contributed by atoms with Gasteiger partial charge in [-0.3, -0.25) is 0 Å². The fraction of sp³-hybridized carbons (Fsp3) is 0.0455. The average molecular weight is 592 g/mol. The van der Waals surface area contributed by atoms with Gasteiger partial charge in [0, 0.05) is 19.1 Å². The fourth-order valence-electron chi connectivity index (χ4n) is 6.05. The van der Waals surface area contributed by atoms with Crippen LogP contribution in [0, 0.1) is 0 Å². The molecule has 1 nitrogen and oxygen atoms in total. The van der Waals surface area contributed by atoms with E-state index in [1.807, 2.05) is 0 Å². The summed E-state index contributed by atoms with van der Waals surface area (Å²) in [6.07, 6.45) is -2.99. The van der Waals surface area contributed by atoms with Crippen LogP contribution in [0.4, 0.5) is 0 Å². The molecule has 1 aromatic heterocycles. The van der Waals surface area contributed by atoms with Crippen LogP contribution in [-0.2, 0) is 0 Å². The van der Waals surface area contributed by atoms with Crippen molar-refractivity contribution in [3.8, 4) is 33.4 Å². The van der Waals surface area contributed by atoms with Crippen molar-refractivity contribution in [3.63, 3.8) is 0 Å². The van der Waals surface area contributed by atoms with E-state index in [0.29, 0.717) is 16.5 Å². The zero-order chi connectivity index (χ0) is 44.5. The highest BCUT2D eigenvalue weighted by molar-refractivity contribution is 6.26. The van der Waals surface area contributed by atoms with Gasteiger partial charge >= 0.3 is 0 Å². The lowest BCUT2D eigenvalue weighted by Crippen LogP contribution is -1.93. The Balaban J connectivity index is 1.55. The molecule has 0 bridgehead atoms. The highest BCUT2D eigenvalue weighted by Gasteiger charge is 2.22. The van der Waals surface area contributed by atoms with Crippen LogP contribution in [0.3, 0.4) is 0 Å². The summed E-state index contributed by atoms with van der Waals surface area (Å²) in [6, 6.07) is 8.77. The van der Waals surface area contributed by atoms with Gasteiger partial charge in [0.15, 0.2) is 0 Å². The molecular weight excluding hydrogens is 544 g/mol. The molecule has 0 N–H and O–H groups in total. The number of furan rings is 1. The monoisotopic (exact) mass is 591 g/mol. The predicted molar refractivity (Wildman–Crippen MR) is 191 cm³/mol. The molecule has 45 heavy (non-hydrogen) atoms. The van der Waals surface area contributed by atoms with Crippen molar-refractivity contribution < 1.29 is 27.7 Å². The van der Waals surface area contributed by atoms with Gasteiger partial charge in [0.05, 0.1) is 20.6 Å². The van der Waals surface area contributed by atoms with Gasteiger partial charge in [0.25, 0.3) is 0 Å². The van der Waals surface area contributed by atoms with Crippen molar-refractivity contribution in [1.82, 2.24) is 0 Å². The lowest BCUT2D eigenvalue weighted by Gasteiger charge is -2.19. The molecule has 0 saturated carbocycles. The van der Waals surface area contributed by atoms with Gasteiger partial charge < -0.3 is 4.42 Å². The van der Waals surface area contributed by atoms with Crippen LogP contribution in [0.5, 0.6) is 0 Å². The minimum absolute atomic E-state index is 0.0391. The quantitative estimate of drug-likeness (QED) is 0.186. The van der Waals surface area contributed by atoms with E-state index in [9.17, 15) is 8.22 Å². The second kappa shape index (κ2) is 10.5. The Morgan fingerprint density at radius 1 is 0.556 bits per heavy atom. The minimum atomic E-state index is -1.50. The van der Waals surface area contributed by atoms with Crippen molar-refractivity contribution in [2.45, 2.75) is 12.8 Å². The summed E-state index contributed by atoms with van der Waals surface area (Å²) in [6.45, 7) is 0. The third kappa shape index (κ3) is 4.16. The molecule has 0 amide bonds. The zero-order valence-electron chi connectivity index (χ0n) is 40.4. The molecule has 2 atom stereocenters. The molecule has 0 fully saturated rings. The summed E-state index contributed by atoms with van der Waals surface area (Å²) in [5.74, 6) is 0. The molecule has 212 valence electrons. The lowest BCUT2D eigenvalue weighted by atomic mass is 9.84. The van der Waals surface area contributed by atoms with E-state index in [4.69, 9.17) is 19.5 Å². The maximum atomic E-state index is 9.47. The smallest absolute Gasteiger partial charge is 0.143 e. The standard InChI is InChI=1S/C44H30O/c1-3-13-29(14-4-1)30-23-25-32(26-24-30)41-34-17-7-9-19-36(34)42(37-20-10-8-18-35(37)41)39-28-27-33(31-15-5-2-6-16-31)44-43(39)38-21-11-12-22-40(38)45-44/h1-5,7-15,17-28H,6,16H2/i2D,5D,6D,7D,8D,9D,10D,15D,16D,17D,18D,19D,20D,23D,24D,25D,26D. The van der Waals surface area contributed by atoms with Crippen LogP contribution < -0.4 is 0 Å². The Kier molecular flexibility index (Phi) is 3.26. The molecule has 0 saturated heterocycles. The second-order valence-electron chi connectivity index (χ2n) is 10.5. The first kappa shape index (κ1) is 14.0. The van der Waals surface area contributed by atoms with Crippen LogP contribution in [0.2, 0.25) is 0 Å². The number of rotatable bonds is 4. The predicted octanol–water partition coefficient (Wildman–Crippen LogP) is 12.6. The maximum Gasteiger partial charge on any atom is 0.143 e. The molecule has 1 heterocycles. The molecule has 9 rings (SSSR count). The summed E-state index contributed by atoms with van der Waals surface area (Å²) in [7, 11) is 0. The molecule has 7 aromatic carbocycles. The van der Waals surface area contributed by atoms with Gasteiger partial charge in [-0.1, -0.05) is 151 Å². The van der Waals surface area contributed by atoms with Gasteiger partial charge in [0.1, 0.15) is 11.2 Å². The molecular formula is C44H30O. The Labute approximate surface area is 286 Å². The fourth-order valence-corrected chi connectivity index (χ4v) is 6.05. The van der Waals surface area contributed by atoms with E-state index >= 15 is 0 Å². The molecule has 8 aromatic rings. The first-order valence-corrected chi connectivity index (χ1v) is 14.2. The van der Waals surface area contributed by atoms with E-state index in [2.05, 4.69) is 0 Å². The first-order chi connectivity index (χ1) is 29.4. The van der Waals surface area contributed by atoms with Gasteiger partial charge in [0.2, 0.25) is 0 Å². The third-order valence-corrected chi connectivity index (χ3v) is 8.00. The minimum Gasteiger partial charge on any atom is -0.455 e. The van der Waals surface area contributed by atoms with Gasteiger partial charge in [-0.25, -0.2) is 0 Å². The van der Waals surface area contributed by atoms with Gasteiger partial charge in [-0.15, -0.1) is 0 Å². The average Bonchev–Trinajstić information content (AvgIpc) is 3.67. The number of fused-ring (bicyclic) bond motifs is 5. The van der Waals surface area contributed by atoms with Crippen LogP contribution in [-0.4, -0.2) is 0 Å². The number of benzene rings is 7. The molecule has 1 aliphatic rings. The van der Waals surface area contributed by atoms with Crippen LogP contribution >= 0.6 is 0 Å². The summed E-state index contributed by atoms with van der Waals surface area (Å²) >= 11 is 0. The third-order valence-electron chi connectivity index (χ3n) is 8.00. The van der Waals surface area contributed by atoms with Crippen molar-refractivity contribution in [1.29, 1.82) is 0 Å². The van der Waals surface area contributed by atoms with E-state index in [0.717, 1.165) is 0 Å². The highest BCUT2D eigenvalue weighted by Crippen LogP contribution is 2.48. The highest BCUT2D eigenvalue weighted by atomic mass is 16.3. The van der Waals surface area contributed by atoms with Crippen molar-refractivity contribution in [2.75, 3.05) is 0 Å². The van der Waals surface area contributed by atoms with Crippen LogP contribution in [0.1, 0.15) is 41.7 Å². The number of allylic oxidation sites excluding steroid dienone is 4. The second-order valence-corrected chi connectivity index (χ2v) is 10.5. The summed E-state index contributed by atoms with van der Waals surface area (Å²) < 4.78 is 160. The van der Waals surface area contributed by atoms with Gasteiger partial charge in [-0.05, 0) is 79.4 Å². The normalized spacial score (nSPS) is 22.4. The summed E-state index contributed by atoms with van der Waals surface area (Å²) in [5, 5.41) is -0.515. The summed E-state index contributed by atoms with van der Waals surface area (Å²) in [4.78, 5) is 0. The Hall–Kier alpha value is -5.66.